The number of hydrogen-bond acceptors (Lipinski definition) is 4. The first-order valence-corrected chi connectivity index (χ1v) is 9.91. The highest BCUT2D eigenvalue weighted by atomic mass is 16.5. The van der Waals surface area contributed by atoms with Gasteiger partial charge in [0.1, 0.15) is 0 Å². The summed E-state index contributed by atoms with van der Waals surface area (Å²) >= 11 is 0. The highest BCUT2D eigenvalue weighted by molar-refractivity contribution is 5.79. The zero-order valence-electron chi connectivity index (χ0n) is 17.6. The number of benzene rings is 1. The van der Waals surface area contributed by atoms with Gasteiger partial charge < -0.3 is 24.8 Å². The number of ether oxygens (including phenoxy) is 3. The van der Waals surface area contributed by atoms with Crippen molar-refractivity contribution in [1.82, 2.24) is 10.6 Å². The topological polar surface area (TPSA) is 64.1 Å². The molecule has 0 amide bonds. The van der Waals surface area contributed by atoms with Crippen LogP contribution < -0.4 is 20.1 Å². The first-order chi connectivity index (χ1) is 13.1. The highest BCUT2D eigenvalue weighted by Crippen LogP contribution is 2.27. The van der Waals surface area contributed by atoms with Gasteiger partial charge in [0, 0.05) is 32.8 Å². The Kier molecular flexibility index (Phi) is 12.1. The van der Waals surface area contributed by atoms with Gasteiger partial charge in [-0.3, -0.25) is 4.99 Å². The molecule has 1 aromatic carbocycles. The van der Waals surface area contributed by atoms with Gasteiger partial charge in [0.2, 0.25) is 0 Å². The van der Waals surface area contributed by atoms with Crippen molar-refractivity contribution in [1.29, 1.82) is 0 Å². The molecule has 2 N–H and O–H groups in total. The number of nitrogens with one attached hydrogen (secondary N) is 2. The van der Waals surface area contributed by atoms with Gasteiger partial charge in [-0.1, -0.05) is 19.9 Å². The molecule has 0 aromatic heterocycles. The van der Waals surface area contributed by atoms with Crippen LogP contribution in [0.2, 0.25) is 0 Å². The van der Waals surface area contributed by atoms with Gasteiger partial charge >= 0.3 is 0 Å². The summed E-state index contributed by atoms with van der Waals surface area (Å²) in [7, 11) is 3.31. The minimum Gasteiger partial charge on any atom is -0.493 e. The first kappa shape index (κ1) is 23.1. The SMILES string of the molecule is CCNC(=NCCCc1ccc(OC)c(OC)c1)NCCCOCC(C)C. The monoisotopic (exact) mass is 379 g/mol. The number of aliphatic imine (C=N–C) groups is 1. The molecule has 0 atom stereocenters. The van der Waals surface area contributed by atoms with E-state index in [1.807, 2.05) is 12.1 Å². The third-order valence-corrected chi connectivity index (χ3v) is 3.89. The quantitative estimate of drug-likeness (QED) is 0.313. The van der Waals surface area contributed by atoms with Gasteiger partial charge in [-0.25, -0.2) is 0 Å². The molecule has 0 radical (unpaired) electrons. The Hall–Kier alpha value is -1.95. The van der Waals surface area contributed by atoms with Gasteiger partial charge in [0.15, 0.2) is 17.5 Å². The zero-order chi connectivity index (χ0) is 19.9. The molecule has 0 saturated carbocycles. The van der Waals surface area contributed by atoms with Crippen molar-refractivity contribution in [2.45, 2.75) is 40.0 Å². The predicted octanol–water partition coefficient (Wildman–Crippen LogP) is 3.25. The largest absolute Gasteiger partial charge is 0.493 e. The molecule has 0 aliphatic heterocycles. The molecule has 1 rings (SSSR count). The molecule has 6 heteroatoms. The zero-order valence-corrected chi connectivity index (χ0v) is 17.6. The van der Waals surface area contributed by atoms with Gasteiger partial charge in [-0.15, -0.1) is 0 Å². The van der Waals surface area contributed by atoms with Crippen LogP contribution in [-0.2, 0) is 11.2 Å². The lowest BCUT2D eigenvalue weighted by molar-refractivity contribution is 0.108. The maximum Gasteiger partial charge on any atom is 0.191 e. The number of nitrogens with zero attached hydrogens (tertiary/aromatic N) is 1. The number of guanidine groups is 1. The van der Waals surface area contributed by atoms with Crippen molar-refractivity contribution >= 4 is 5.96 Å². The molecule has 0 bridgehead atoms. The third kappa shape index (κ3) is 10.1. The number of methoxy groups -OCH3 is 2. The highest BCUT2D eigenvalue weighted by Gasteiger charge is 2.04. The fourth-order valence-electron chi connectivity index (χ4n) is 2.55. The Balaban J connectivity index is 2.34. The standard InChI is InChI=1S/C21H37N3O3/c1-6-22-21(24-13-8-14-27-16-17(2)3)23-12-7-9-18-10-11-19(25-4)20(15-18)26-5/h10-11,15,17H,6-9,12-14,16H2,1-5H3,(H2,22,23,24). The summed E-state index contributed by atoms with van der Waals surface area (Å²) in [5.74, 6) is 2.99. The van der Waals surface area contributed by atoms with E-state index in [9.17, 15) is 0 Å². The lowest BCUT2D eigenvalue weighted by Gasteiger charge is -2.12. The van der Waals surface area contributed by atoms with Crippen LogP contribution in [0.15, 0.2) is 23.2 Å². The molecule has 0 aliphatic rings. The van der Waals surface area contributed by atoms with E-state index in [2.05, 4.69) is 42.5 Å². The molecule has 0 saturated heterocycles. The lowest BCUT2D eigenvalue weighted by Crippen LogP contribution is -2.38. The van der Waals surface area contributed by atoms with Crippen LogP contribution in [-0.4, -0.2) is 53.0 Å². The average molecular weight is 380 g/mol. The minimum absolute atomic E-state index is 0.586. The summed E-state index contributed by atoms with van der Waals surface area (Å²) in [5.41, 5.74) is 1.23. The van der Waals surface area contributed by atoms with E-state index in [4.69, 9.17) is 14.2 Å². The molecule has 0 fully saturated rings. The van der Waals surface area contributed by atoms with E-state index in [1.54, 1.807) is 14.2 Å². The summed E-state index contributed by atoms with van der Waals surface area (Å²) < 4.78 is 16.2. The molecule has 27 heavy (non-hydrogen) atoms. The summed E-state index contributed by atoms with van der Waals surface area (Å²) in [6, 6.07) is 6.05. The van der Waals surface area contributed by atoms with Crippen molar-refractivity contribution in [2.24, 2.45) is 10.9 Å². The van der Waals surface area contributed by atoms with Crippen LogP contribution in [0.25, 0.3) is 0 Å². The van der Waals surface area contributed by atoms with Gasteiger partial charge in [-0.2, -0.15) is 0 Å². The van der Waals surface area contributed by atoms with Crippen LogP contribution in [0.1, 0.15) is 39.2 Å². The van der Waals surface area contributed by atoms with Crippen LogP contribution in [0, 0.1) is 5.92 Å². The summed E-state index contributed by atoms with van der Waals surface area (Å²) in [4.78, 5) is 4.65. The Morgan fingerprint density at radius 3 is 2.52 bits per heavy atom. The van der Waals surface area contributed by atoms with E-state index in [-0.39, 0.29) is 0 Å². The second kappa shape index (κ2) is 14.2. The van der Waals surface area contributed by atoms with E-state index in [1.165, 1.54) is 5.56 Å². The van der Waals surface area contributed by atoms with Gasteiger partial charge in [0.05, 0.1) is 14.2 Å². The minimum atomic E-state index is 0.586. The maximum atomic E-state index is 5.60. The summed E-state index contributed by atoms with van der Waals surface area (Å²) in [6.45, 7) is 10.5. The van der Waals surface area contributed by atoms with Crippen molar-refractivity contribution in [2.75, 3.05) is 47.1 Å². The lowest BCUT2D eigenvalue weighted by atomic mass is 10.1. The fourth-order valence-corrected chi connectivity index (χ4v) is 2.55. The van der Waals surface area contributed by atoms with Crippen molar-refractivity contribution in [3.8, 4) is 11.5 Å². The normalized spacial score (nSPS) is 11.6. The first-order valence-electron chi connectivity index (χ1n) is 9.91. The Morgan fingerprint density at radius 1 is 1.07 bits per heavy atom. The second-order valence-electron chi connectivity index (χ2n) is 6.80. The molecule has 0 spiro atoms. The molecule has 0 aliphatic carbocycles. The predicted molar refractivity (Wildman–Crippen MR) is 112 cm³/mol. The Labute approximate surface area is 164 Å². The molecule has 0 heterocycles. The molecule has 6 nitrogen and oxygen atoms in total. The summed E-state index contributed by atoms with van der Waals surface area (Å²) in [5, 5.41) is 6.65. The second-order valence-corrected chi connectivity index (χ2v) is 6.80. The number of rotatable bonds is 13. The Bertz CT molecular complexity index is 547. The van der Waals surface area contributed by atoms with E-state index < -0.39 is 0 Å². The molecule has 154 valence electrons. The van der Waals surface area contributed by atoms with E-state index in [0.717, 1.165) is 69.6 Å². The van der Waals surface area contributed by atoms with Crippen LogP contribution in [0.4, 0.5) is 0 Å². The number of aryl methyl sites for hydroxylation is 1. The average Bonchev–Trinajstić information content (AvgIpc) is 2.67. The van der Waals surface area contributed by atoms with E-state index >= 15 is 0 Å². The van der Waals surface area contributed by atoms with E-state index in [0.29, 0.717) is 5.92 Å². The third-order valence-electron chi connectivity index (χ3n) is 3.89. The molecule has 0 unspecified atom stereocenters. The van der Waals surface area contributed by atoms with Crippen LogP contribution >= 0.6 is 0 Å². The van der Waals surface area contributed by atoms with Crippen molar-refractivity contribution < 1.29 is 14.2 Å². The summed E-state index contributed by atoms with van der Waals surface area (Å²) in [6.07, 6.45) is 2.90. The Morgan fingerprint density at radius 2 is 1.85 bits per heavy atom. The smallest absolute Gasteiger partial charge is 0.191 e. The fraction of sp³-hybridized carbons (Fsp3) is 0.667. The van der Waals surface area contributed by atoms with Crippen LogP contribution in [0.5, 0.6) is 11.5 Å². The van der Waals surface area contributed by atoms with Gasteiger partial charge in [0.25, 0.3) is 0 Å². The maximum absolute atomic E-state index is 5.60. The molecular formula is C21H37N3O3. The van der Waals surface area contributed by atoms with Crippen molar-refractivity contribution in [3.05, 3.63) is 23.8 Å². The van der Waals surface area contributed by atoms with Crippen LogP contribution in [0.3, 0.4) is 0 Å². The number of hydrogen-bond donors (Lipinski definition) is 2. The van der Waals surface area contributed by atoms with Gasteiger partial charge in [-0.05, 0) is 49.8 Å². The molecular weight excluding hydrogens is 342 g/mol. The van der Waals surface area contributed by atoms with Crippen molar-refractivity contribution in [3.63, 3.8) is 0 Å². The molecule has 1 aromatic rings.